The molecule has 0 spiro atoms. The molecule has 2 N–H and O–H groups in total. The van der Waals surface area contributed by atoms with E-state index in [0.717, 1.165) is 5.56 Å². The molecule has 0 radical (unpaired) electrons. The molecule has 1 heterocycles. The number of hydrogen-bond acceptors (Lipinski definition) is 3. The van der Waals surface area contributed by atoms with Crippen molar-refractivity contribution in [1.82, 2.24) is 5.01 Å². The van der Waals surface area contributed by atoms with E-state index in [-0.39, 0.29) is 17.8 Å². The van der Waals surface area contributed by atoms with Crippen molar-refractivity contribution in [2.45, 2.75) is 25.4 Å². The van der Waals surface area contributed by atoms with Crippen molar-refractivity contribution in [3.05, 3.63) is 64.9 Å². The highest BCUT2D eigenvalue weighted by atomic mass is 35.5. The average Bonchev–Trinajstić information content (AvgIpc) is 2.99. The summed E-state index contributed by atoms with van der Waals surface area (Å²) in [6.07, 6.45) is 0.649. The fourth-order valence-corrected chi connectivity index (χ4v) is 3.32. The number of para-hydroxylation sites is 1. The van der Waals surface area contributed by atoms with E-state index in [2.05, 4.69) is 0 Å². The van der Waals surface area contributed by atoms with Crippen LogP contribution < -0.4 is 10.7 Å². The number of amides is 1. The zero-order chi connectivity index (χ0) is 17.3. The van der Waals surface area contributed by atoms with Crippen LogP contribution in [0, 0.1) is 5.82 Å². The highest BCUT2D eigenvalue weighted by Gasteiger charge is 2.38. The Morgan fingerprint density at radius 1 is 1.25 bits per heavy atom. The fourth-order valence-electron chi connectivity index (χ4n) is 3.06. The minimum Gasteiger partial charge on any atom is -0.320 e. The largest absolute Gasteiger partial charge is 0.320 e. The molecule has 0 aromatic heterocycles. The van der Waals surface area contributed by atoms with Gasteiger partial charge in [-0.05, 0) is 37.1 Å². The first-order chi connectivity index (χ1) is 11.5. The molecule has 24 heavy (non-hydrogen) atoms. The molecule has 2 aromatic carbocycles. The molecule has 1 saturated heterocycles. The van der Waals surface area contributed by atoms with Gasteiger partial charge in [-0.3, -0.25) is 14.8 Å². The molecule has 1 amide bonds. The lowest BCUT2D eigenvalue weighted by Gasteiger charge is -2.35. The Morgan fingerprint density at radius 3 is 2.58 bits per heavy atom. The molecule has 4 nitrogen and oxygen atoms in total. The van der Waals surface area contributed by atoms with E-state index in [1.54, 1.807) is 36.2 Å². The van der Waals surface area contributed by atoms with Crippen LogP contribution in [-0.2, 0) is 4.79 Å². The number of benzene rings is 2. The second kappa shape index (κ2) is 6.79. The van der Waals surface area contributed by atoms with Crippen LogP contribution in [0.1, 0.15) is 24.9 Å². The van der Waals surface area contributed by atoms with Crippen molar-refractivity contribution in [2.75, 3.05) is 11.6 Å². The monoisotopic (exact) mass is 347 g/mol. The van der Waals surface area contributed by atoms with Gasteiger partial charge in [-0.15, -0.1) is 0 Å². The normalized spacial score (nSPS) is 18.8. The Kier molecular flexibility index (Phi) is 4.73. The Hall–Kier alpha value is -2.11. The van der Waals surface area contributed by atoms with Crippen molar-refractivity contribution < 1.29 is 9.18 Å². The summed E-state index contributed by atoms with van der Waals surface area (Å²) in [5, 5.41) is 3.80. The van der Waals surface area contributed by atoms with Crippen molar-refractivity contribution in [3.8, 4) is 0 Å². The molecular weight excluding hydrogens is 329 g/mol. The van der Waals surface area contributed by atoms with E-state index in [1.807, 2.05) is 18.2 Å². The number of halogens is 2. The van der Waals surface area contributed by atoms with Crippen LogP contribution in [0.15, 0.2) is 48.5 Å². The number of nitrogens with two attached hydrogens (primary N) is 1. The molecule has 2 aromatic rings. The van der Waals surface area contributed by atoms with Gasteiger partial charge in [0.1, 0.15) is 5.82 Å². The third-order valence-electron chi connectivity index (χ3n) is 4.18. The summed E-state index contributed by atoms with van der Waals surface area (Å²) in [5.74, 6) is -0.633. The predicted octanol–water partition coefficient (Wildman–Crippen LogP) is 3.52. The zero-order valence-corrected chi connectivity index (χ0v) is 14.1. The number of carbonyl (C=O) groups is 1. The van der Waals surface area contributed by atoms with Gasteiger partial charge in [0, 0.05) is 11.6 Å². The lowest BCUT2D eigenvalue weighted by Crippen LogP contribution is -2.49. The average molecular weight is 348 g/mol. The van der Waals surface area contributed by atoms with Gasteiger partial charge >= 0.3 is 0 Å². The van der Waals surface area contributed by atoms with E-state index in [4.69, 9.17) is 17.3 Å². The second-order valence-electron chi connectivity index (χ2n) is 5.87. The van der Waals surface area contributed by atoms with Crippen molar-refractivity contribution in [1.29, 1.82) is 0 Å². The SMILES string of the molecule is C[C@H](N)C(=O)N1CCC(c2ccccc2Cl)N1c1ccccc1F. The molecule has 126 valence electrons. The number of rotatable bonds is 3. The number of anilines is 1. The number of carbonyl (C=O) groups excluding carboxylic acids is 1. The highest BCUT2D eigenvalue weighted by molar-refractivity contribution is 6.31. The quantitative estimate of drug-likeness (QED) is 0.924. The minimum absolute atomic E-state index is 0.224. The third kappa shape index (κ3) is 2.97. The first-order valence-electron chi connectivity index (χ1n) is 7.85. The lowest BCUT2D eigenvalue weighted by atomic mass is 10.0. The highest BCUT2D eigenvalue weighted by Crippen LogP contribution is 2.40. The van der Waals surface area contributed by atoms with Gasteiger partial charge in [-0.2, -0.15) is 0 Å². The van der Waals surface area contributed by atoms with Crippen molar-refractivity contribution in [2.24, 2.45) is 5.73 Å². The van der Waals surface area contributed by atoms with E-state index < -0.39 is 6.04 Å². The van der Waals surface area contributed by atoms with Gasteiger partial charge in [0.2, 0.25) is 0 Å². The summed E-state index contributed by atoms with van der Waals surface area (Å²) in [4.78, 5) is 12.5. The number of hydrazine groups is 1. The van der Waals surface area contributed by atoms with Gasteiger partial charge < -0.3 is 5.73 Å². The summed E-state index contributed by atoms with van der Waals surface area (Å²) >= 11 is 6.34. The summed E-state index contributed by atoms with van der Waals surface area (Å²) in [7, 11) is 0. The van der Waals surface area contributed by atoms with Crippen LogP contribution in [-0.4, -0.2) is 23.5 Å². The Labute approximate surface area is 145 Å². The number of nitrogens with zero attached hydrogens (tertiary/aromatic N) is 2. The van der Waals surface area contributed by atoms with Crippen molar-refractivity contribution >= 4 is 23.2 Å². The molecule has 0 bridgehead atoms. The molecule has 1 aliphatic heterocycles. The zero-order valence-electron chi connectivity index (χ0n) is 13.3. The van der Waals surface area contributed by atoms with Crippen molar-refractivity contribution in [3.63, 3.8) is 0 Å². The van der Waals surface area contributed by atoms with Gasteiger partial charge in [0.05, 0.1) is 17.8 Å². The molecular formula is C18H19ClFN3O. The van der Waals surface area contributed by atoms with Gasteiger partial charge in [-0.1, -0.05) is 41.9 Å². The van der Waals surface area contributed by atoms with Crippen LogP contribution in [0.4, 0.5) is 10.1 Å². The molecule has 1 unspecified atom stereocenters. The van der Waals surface area contributed by atoms with E-state index in [0.29, 0.717) is 23.7 Å². The summed E-state index contributed by atoms with van der Waals surface area (Å²) in [6.45, 7) is 2.09. The maximum absolute atomic E-state index is 14.4. The van der Waals surface area contributed by atoms with Gasteiger partial charge in [0.25, 0.3) is 5.91 Å². The minimum atomic E-state index is -0.663. The Bertz CT molecular complexity index is 753. The Morgan fingerprint density at radius 2 is 1.92 bits per heavy atom. The number of hydrogen-bond donors (Lipinski definition) is 1. The molecule has 3 rings (SSSR count). The van der Waals surface area contributed by atoms with E-state index >= 15 is 0 Å². The molecule has 1 fully saturated rings. The molecule has 0 aliphatic carbocycles. The first-order valence-corrected chi connectivity index (χ1v) is 8.23. The first kappa shape index (κ1) is 16.7. The predicted molar refractivity (Wildman–Crippen MR) is 93.1 cm³/mol. The van der Waals surface area contributed by atoms with E-state index in [1.165, 1.54) is 11.1 Å². The lowest BCUT2D eigenvalue weighted by molar-refractivity contribution is -0.131. The fraction of sp³-hybridized carbons (Fsp3) is 0.278. The molecule has 0 saturated carbocycles. The summed E-state index contributed by atoms with van der Waals surface area (Å²) in [6, 6.07) is 13.0. The topological polar surface area (TPSA) is 49.6 Å². The van der Waals surface area contributed by atoms with E-state index in [9.17, 15) is 9.18 Å². The molecule has 1 aliphatic rings. The smallest absolute Gasteiger partial charge is 0.257 e. The second-order valence-corrected chi connectivity index (χ2v) is 6.28. The van der Waals surface area contributed by atoms with Crippen LogP contribution >= 0.6 is 11.6 Å². The maximum Gasteiger partial charge on any atom is 0.257 e. The summed E-state index contributed by atoms with van der Waals surface area (Å²) < 4.78 is 14.4. The van der Waals surface area contributed by atoms with Crippen LogP contribution in [0.25, 0.3) is 0 Å². The Balaban J connectivity index is 2.08. The van der Waals surface area contributed by atoms with Crippen LogP contribution in [0.3, 0.4) is 0 Å². The van der Waals surface area contributed by atoms with Gasteiger partial charge in [-0.25, -0.2) is 4.39 Å². The standard InChI is InChI=1S/C18H19ClFN3O/c1-12(21)18(24)22-11-10-16(13-6-2-3-7-14(13)19)23(22)17-9-5-4-8-15(17)20/h2-9,12,16H,10-11,21H2,1H3/t12-,16?/m0/s1. The molecule has 2 atom stereocenters. The maximum atomic E-state index is 14.4. The third-order valence-corrected chi connectivity index (χ3v) is 4.52. The van der Waals surface area contributed by atoms with Crippen LogP contribution in [0.2, 0.25) is 5.02 Å². The van der Waals surface area contributed by atoms with Crippen LogP contribution in [0.5, 0.6) is 0 Å². The van der Waals surface area contributed by atoms with Gasteiger partial charge in [0.15, 0.2) is 0 Å². The molecule has 6 heteroatoms. The summed E-state index contributed by atoms with van der Waals surface area (Å²) in [5.41, 5.74) is 6.98.